The first-order valence-corrected chi connectivity index (χ1v) is 7.38. The van der Waals surface area contributed by atoms with E-state index in [1.165, 1.54) is 15.9 Å². The van der Waals surface area contributed by atoms with Gasteiger partial charge in [0, 0.05) is 26.7 Å². The van der Waals surface area contributed by atoms with Gasteiger partial charge in [-0.25, -0.2) is 18.3 Å². The highest BCUT2D eigenvalue weighted by Gasteiger charge is 2.23. The summed E-state index contributed by atoms with van der Waals surface area (Å²) in [7, 11) is 3.33. The second kappa shape index (κ2) is 7.56. The minimum absolute atomic E-state index is 0.252. The second-order valence-electron chi connectivity index (χ2n) is 4.68. The number of fused-ring (bicyclic) bond motifs is 1. The van der Waals surface area contributed by atoms with Crippen LogP contribution in [-0.4, -0.2) is 53.2 Å². The number of ether oxygens (including phenoxy) is 1. The van der Waals surface area contributed by atoms with Crippen LogP contribution in [0.15, 0.2) is 0 Å². The first kappa shape index (κ1) is 16.7. The third-order valence-corrected chi connectivity index (χ3v) is 3.87. The van der Waals surface area contributed by atoms with Gasteiger partial charge in [0.1, 0.15) is 10.7 Å². The Morgan fingerprint density at radius 1 is 1.55 bits per heavy atom. The molecule has 0 spiro atoms. The number of amides is 1. The van der Waals surface area contributed by atoms with Gasteiger partial charge in [0.25, 0.3) is 6.43 Å². The molecular formula is C12H17F2N5O2S. The molecule has 1 N–H and O–H groups in total. The van der Waals surface area contributed by atoms with Crippen molar-refractivity contribution < 1.29 is 18.3 Å². The number of nitrogens with zero attached hydrogens (tertiary/aromatic N) is 4. The Morgan fingerprint density at radius 3 is 2.95 bits per heavy atom. The van der Waals surface area contributed by atoms with Gasteiger partial charge >= 0.3 is 0 Å². The maximum atomic E-state index is 13.1. The predicted octanol–water partition coefficient (Wildman–Crippen LogP) is 1.05. The van der Waals surface area contributed by atoms with Gasteiger partial charge in [-0.2, -0.15) is 5.10 Å². The number of rotatable bonds is 9. The molecule has 0 unspecified atom stereocenters. The highest BCUT2D eigenvalue weighted by atomic mass is 32.1. The zero-order chi connectivity index (χ0) is 16.1. The molecule has 0 saturated heterocycles. The van der Waals surface area contributed by atoms with Crippen LogP contribution in [0.4, 0.5) is 8.78 Å². The van der Waals surface area contributed by atoms with E-state index in [9.17, 15) is 13.6 Å². The lowest BCUT2D eigenvalue weighted by Gasteiger charge is -2.16. The Hall–Kier alpha value is -1.65. The van der Waals surface area contributed by atoms with E-state index in [1.807, 2.05) is 4.90 Å². The number of halogens is 2. The predicted molar refractivity (Wildman–Crippen MR) is 76.9 cm³/mol. The molecule has 22 heavy (non-hydrogen) atoms. The summed E-state index contributed by atoms with van der Waals surface area (Å²) in [5, 5.41) is 7.48. The van der Waals surface area contributed by atoms with E-state index in [0.29, 0.717) is 41.8 Å². The van der Waals surface area contributed by atoms with E-state index in [-0.39, 0.29) is 12.2 Å². The van der Waals surface area contributed by atoms with Gasteiger partial charge in [0.15, 0.2) is 0 Å². The van der Waals surface area contributed by atoms with Crippen molar-refractivity contribution in [3.63, 3.8) is 0 Å². The largest absolute Gasteiger partial charge is 0.377 e. The SMILES string of the molecule is COCc1nn2c(CN(C)CCNC=O)c(C(F)F)nc2s1. The molecule has 0 aliphatic carbocycles. The molecule has 2 aromatic heterocycles. The van der Waals surface area contributed by atoms with Crippen LogP contribution in [0, 0.1) is 0 Å². The molecule has 0 saturated carbocycles. The van der Waals surface area contributed by atoms with Crippen LogP contribution in [0.25, 0.3) is 4.96 Å². The zero-order valence-corrected chi connectivity index (χ0v) is 13.1. The number of aromatic nitrogens is 3. The number of hydrogen-bond acceptors (Lipinski definition) is 6. The van der Waals surface area contributed by atoms with Gasteiger partial charge in [-0.3, -0.25) is 9.69 Å². The van der Waals surface area contributed by atoms with Gasteiger partial charge in [-0.1, -0.05) is 11.3 Å². The molecule has 7 nitrogen and oxygen atoms in total. The van der Waals surface area contributed by atoms with Crippen LogP contribution in [0.5, 0.6) is 0 Å². The molecule has 10 heteroatoms. The minimum Gasteiger partial charge on any atom is -0.377 e. The number of nitrogens with one attached hydrogen (secondary N) is 1. The average molecular weight is 333 g/mol. The van der Waals surface area contributed by atoms with Gasteiger partial charge in [0.2, 0.25) is 11.4 Å². The average Bonchev–Trinajstić information content (AvgIpc) is 2.98. The second-order valence-corrected chi connectivity index (χ2v) is 5.72. The van der Waals surface area contributed by atoms with Gasteiger partial charge in [-0.05, 0) is 7.05 Å². The van der Waals surface area contributed by atoms with Crippen LogP contribution in [0.3, 0.4) is 0 Å². The zero-order valence-electron chi connectivity index (χ0n) is 12.3. The van der Waals surface area contributed by atoms with Crippen molar-refractivity contribution >= 4 is 22.7 Å². The summed E-state index contributed by atoms with van der Waals surface area (Å²) in [6.07, 6.45) is -2.05. The Kier molecular flexibility index (Phi) is 5.75. The van der Waals surface area contributed by atoms with Crippen LogP contribution < -0.4 is 5.32 Å². The summed E-state index contributed by atoms with van der Waals surface area (Å²) >= 11 is 1.23. The van der Waals surface area contributed by atoms with E-state index in [0.717, 1.165) is 0 Å². The quantitative estimate of drug-likeness (QED) is 0.549. The molecular weight excluding hydrogens is 316 g/mol. The monoisotopic (exact) mass is 333 g/mol. The molecule has 0 radical (unpaired) electrons. The lowest BCUT2D eigenvalue weighted by Crippen LogP contribution is -2.29. The van der Waals surface area contributed by atoms with Crippen molar-refractivity contribution in [2.45, 2.75) is 19.6 Å². The fraction of sp³-hybridized carbons (Fsp3) is 0.583. The molecule has 2 rings (SSSR count). The van der Waals surface area contributed by atoms with Crippen LogP contribution in [0.2, 0.25) is 0 Å². The lowest BCUT2D eigenvalue weighted by molar-refractivity contribution is -0.109. The molecule has 1 amide bonds. The Morgan fingerprint density at radius 2 is 2.32 bits per heavy atom. The Balaban J connectivity index is 2.23. The summed E-state index contributed by atoms with van der Waals surface area (Å²) in [6.45, 7) is 1.55. The van der Waals surface area contributed by atoms with Crippen LogP contribution >= 0.6 is 11.3 Å². The summed E-state index contributed by atoms with van der Waals surface area (Å²) in [5.41, 5.74) is 0.107. The molecule has 2 heterocycles. The maximum absolute atomic E-state index is 13.1. The topological polar surface area (TPSA) is 71.8 Å². The van der Waals surface area contributed by atoms with Crippen molar-refractivity contribution in [2.24, 2.45) is 0 Å². The van der Waals surface area contributed by atoms with E-state index in [1.54, 1.807) is 14.2 Å². The number of carbonyl (C=O) groups excluding carboxylic acids is 1. The molecule has 0 aromatic carbocycles. The Bertz CT molecular complexity index is 630. The highest BCUT2D eigenvalue weighted by Crippen LogP contribution is 2.27. The fourth-order valence-corrected chi connectivity index (χ4v) is 2.89. The number of hydrogen-bond donors (Lipinski definition) is 1. The summed E-state index contributed by atoms with van der Waals surface area (Å²) in [5.74, 6) is 0. The van der Waals surface area contributed by atoms with Crippen molar-refractivity contribution in [3.05, 3.63) is 16.4 Å². The number of likely N-dealkylation sites (N-methyl/N-ethyl adjacent to an activating group) is 1. The molecule has 0 bridgehead atoms. The first-order valence-electron chi connectivity index (χ1n) is 6.56. The van der Waals surface area contributed by atoms with E-state index < -0.39 is 6.43 Å². The van der Waals surface area contributed by atoms with Crippen molar-refractivity contribution in [2.75, 3.05) is 27.2 Å². The van der Waals surface area contributed by atoms with Crippen molar-refractivity contribution in [3.8, 4) is 0 Å². The van der Waals surface area contributed by atoms with Gasteiger partial charge < -0.3 is 10.1 Å². The number of carbonyl (C=O) groups is 1. The summed E-state index contributed by atoms with van der Waals surface area (Å²) in [6, 6.07) is 0. The highest BCUT2D eigenvalue weighted by molar-refractivity contribution is 7.16. The molecule has 122 valence electrons. The fourth-order valence-electron chi connectivity index (χ4n) is 2.00. The standard InChI is InChI=1S/C12H17F2N5O2S/c1-18(4-3-15-7-20)5-8-10(11(13)14)16-12-19(8)17-9(22-12)6-21-2/h7,11H,3-6H2,1-2H3,(H,15,20). The molecule has 2 aromatic rings. The third kappa shape index (κ3) is 3.76. The van der Waals surface area contributed by atoms with Crippen molar-refractivity contribution in [1.29, 1.82) is 0 Å². The Labute approximate surface area is 129 Å². The summed E-state index contributed by atoms with van der Waals surface area (Å²) < 4.78 is 32.7. The first-order chi connectivity index (χ1) is 10.6. The lowest BCUT2D eigenvalue weighted by atomic mass is 10.3. The van der Waals surface area contributed by atoms with Crippen LogP contribution in [-0.2, 0) is 22.7 Å². The van der Waals surface area contributed by atoms with Gasteiger partial charge in [0.05, 0.1) is 12.3 Å². The third-order valence-electron chi connectivity index (χ3n) is 2.98. The molecule has 0 atom stereocenters. The van der Waals surface area contributed by atoms with E-state index in [2.05, 4.69) is 15.4 Å². The van der Waals surface area contributed by atoms with Crippen molar-refractivity contribution in [1.82, 2.24) is 24.8 Å². The van der Waals surface area contributed by atoms with Crippen LogP contribution in [0.1, 0.15) is 22.8 Å². The molecule has 0 aliphatic rings. The number of imidazole rings is 1. The normalized spacial score (nSPS) is 11.7. The van der Waals surface area contributed by atoms with E-state index in [4.69, 9.17) is 4.74 Å². The number of methoxy groups -OCH3 is 1. The molecule has 0 fully saturated rings. The smallest absolute Gasteiger partial charge is 0.282 e. The van der Waals surface area contributed by atoms with Gasteiger partial charge in [-0.15, -0.1) is 0 Å². The number of alkyl halides is 2. The summed E-state index contributed by atoms with van der Waals surface area (Å²) in [4.78, 5) is 16.5. The maximum Gasteiger partial charge on any atom is 0.282 e. The van der Waals surface area contributed by atoms with E-state index >= 15 is 0 Å². The molecule has 0 aliphatic heterocycles. The minimum atomic E-state index is -2.66.